The van der Waals surface area contributed by atoms with E-state index < -0.39 is 17.1 Å². The molecule has 5 unspecified atom stereocenters. The fourth-order valence-corrected chi connectivity index (χ4v) is 8.03. The monoisotopic (exact) mass is 640 g/mol. The summed E-state index contributed by atoms with van der Waals surface area (Å²) < 4.78 is 11.5. The molecule has 3 N–H and O–H groups in total. The van der Waals surface area contributed by atoms with Gasteiger partial charge in [-0.1, -0.05) is 48.9 Å². The van der Waals surface area contributed by atoms with Crippen molar-refractivity contribution in [1.29, 1.82) is 0 Å². The van der Waals surface area contributed by atoms with Crippen molar-refractivity contribution in [2.24, 2.45) is 5.41 Å². The molecule has 1 saturated heterocycles. The van der Waals surface area contributed by atoms with Gasteiger partial charge in [0.2, 0.25) is 5.78 Å². The Morgan fingerprint density at radius 3 is 2.62 bits per heavy atom. The molecule has 5 atom stereocenters. The predicted octanol–water partition coefficient (Wildman–Crippen LogP) is 7.26. The maximum absolute atomic E-state index is 14.0. The predicted molar refractivity (Wildman–Crippen MR) is 182 cm³/mol. The Morgan fingerprint density at radius 2 is 1.87 bits per heavy atom. The summed E-state index contributed by atoms with van der Waals surface area (Å²) in [5, 5.41) is 26.8. The Labute approximate surface area is 277 Å². The lowest BCUT2D eigenvalue weighted by molar-refractivity contribution is -0.0799. The highest BCUT2D eigenvalue weighted by Gasteiger charge is 2.58. The lowest BCUT2D eigenvalue weighted by Gasteiger charge is -2.46. The van der Waals surface area contributed by atoms with E-state index in [0.29, 0.717) is 56.5 Å². The highest BCUT2D eigenvalue weighted by atomic mass is 16.5. The largest absolute Gasteiger partial charge is 0.461 e. The highest BCUT2D eigenvalue weighted by molar-refractivity contribution is 6.08. The molecule has 1 aromatic heterocycles. The summed E-state index contributed by atoms with van der Waals surface area (Å²) in [4.78, 5) is 29.6. The number of hydrogen-bond donors (Lipinski definition) is 3. The number of ether oxygens (including phenoxy) is 1. The zero-order valence-electron chi connectivity index (χ0n) is 27.6. The van der Waals surface area contributed by atoms with Crippen LogP contribution in [0.15, 0.2) is 83.0 Å². The first-order valence-corrected chi connectivity index (χ1v) is 17.1. The lowest BCUT2D eigenvalue weighted by Crippen LogP contribution is -2.55. The molecule has 8 heteroatoms. The Hall–Kier alpha value is -3.72. The number of aliphatic hydroxyl groups is 2. The van der Waals surface area contributed by atoms with Crippen molar-refractivity contribution in [2.75, 3.05) is 25.0 Å². The number of urea groups is 1. The molecule has 47 heavy (non-hydrogen) atoms. The Kier molecular flexibility index (Phi) is 10.0. The molecule has 3 aromatic rings. The number of anilines is 1. The van der Waals surface area contributed by atoms with Crippen LogP contribution in [0.4, 0.5) is 10.5 Å². The summed E-state index contributed by atoms with van der Waals surface area (Å²) >= 11 is 0. The molecule has 2 amide bonds. The molecule has 8 nitrogen and oxygen atoms in total. The first-order chi connectivity index (χ1) is 22.6. The van der Waals surface area contributed by atoms with E-state index in [-0.39, 0.29) is 36.1 Å². The van der Waals surface area contributed by atoms with Crippen molar-refractivity contribution in [3.05, 3.63) is 101 Å². The van der Waals surface area contributed by atoms with Gasteiger partial charge < -0.3 is 29.6 Å². The summed E-state index contributed by atoms with van der Waals surface area (Å²) in [7, 11) is 0. The number of para-hydroxylation sites is 1. The van der Waals surface area contributed by atoms with E-state index in [1.807, 2.05) is 48.5 Å². The maximum Gasteiger partial charge on any atom is 0.322 e. The van der Waals surface area contributed by atoms with E-state index in [0.717, 1.165) is 36.8 Å². The summed E-state index contributed by atoms with van der Waals surface area (Å²) in [6.45, 7) is 5.45. The van der Waals surface area contributed by atoms with Crippen LogP contribution in [0.25, 0.3) is 0 Å². The third-order valence-corrected chi connectivity index (χ3v) is 10.9. The number of aliphatic hydroxyl groups excluding tert-OH is 1. The average Bonchev–Trinajstić information content (AvgIpc) is 3.83. The summed E-state index contributed by atoms with van der Waals surface area (Å²) in [6, 6.07) is 18.5. The topological polar surface area (TPSA) is 112 Å². The van der Waals surface area contributed by atoms with Gasteiger partial charge in [0.1, 0.15) is 0 Å². The number of benzene rings is 2. The molecule has 2 bridgehead atoms. The van der Waals surface area contributed by atoms with Crippen LogP contribution < -0.4 is 5.32 Å². The second-order valence-corrected chi connectivity index (χ2v) is 14.1. The van der Waals surface area contributed by atoms with Crippen molar-refractivity contribution in [3.63, 3.8) is 0 Å². The van der Waals surface area contributed by atoms with Gasteiger partial charge in [0.15, 0.2) is 5.76 Å². The fraction of sp³-hybridized carbons (Fsp3) is 0.487. The van der Waals surface area contributed by atoms with E-state index in [4.69, 9.17) is 9.15 Å². The SMILES string of the molecule is CC1=CCCC2(C)C(CCC2(O)CN(CC2CCCO2)C(=O)Nc2ccccc2)c2ccc(cc2C(=O)c2ccco2)CC(O)CC1. The van der Waals surface area contributed by atoms with Gasteiger partial charge >= 0.3 is 6.03 Å². The first kappa shape index (κ1) is 33.2. The lowest BCUT2D eigenvalue weighted by atomic mass is 9.64. The molecule has 2 aromatic carbocycles. The van der Waals surface area contributed by atoms with Crippen LogP contribution in [0, 0.1) is 5.41 Å². The van der Waals surface area contributed by atoms with Gasteiger partial charge in [0, 0.05) is 29.8 Å². The molecular weight excluding hydrogens is 592 g/mol. The molecule has 0 radical (unpaired) electrons. The second kappa shape index (κ2) is 14.2. The molecule has 7 rings (SSSR count). The van der Waals surface area contributed by atoms with Gasteiger partial charge in [-0.3, -0.25) is 4.79 Å². The van der Waals surface area contributed by atoms with Gasteiger partial charge in [-0.05, 0) is 112 Å². The van der Waals surface area contributed by atoms with E-state index >= 15 is 0 Å². The molecule has 2 heterocycles. The van der Waals surface area contributed by atoms with E-state index in [1.165, 1.54) is 11.8 Å². The molecule has 1 aliphatic heterocycles. The number of furan rings is 1. The Morgan fingerprint density at radius 1 is 1.04 bits per heavy atom. The van der Waals surface area contributed by atoms with Gasteiger partial charge in [-0.15, -0.1) is 0 Å². The number of nitrogens with one attached hydrogen (secondary N) is 1. The number of carbonyl (C=O) groups is 2. The minimum absolute atomic E-state index is 0.0832. The number of rotatable bonds is 7. The van der Waals surface area contributed by atoms with Crippen molar-refractivity contribution in [3.8, 4) is 0 Å². The van der Waals surface area contributed by atoms with Gasteiger partial charge in [-0.25, -0.2) is 4.79 Å². The number of hydrogen-bond acceptors (Lipinski definition) is 6. The highest BCUT2D eigenvalue weighted by Crippen LogP contribution is 2.59. The van der Waals surface area contributed by atoms with Crippen LogP contribution in [0.3, 0.4) is 0 Å². The third kappa shape index (κ3) is 7.25. The van der Waals surface area contributed by atoms with Crippen LogP contribution in [0.2, 0.25) is 0 Å². The Bertz CT molecular complexity index is 1560. The molecule has 1 saturated carbocycles. The van der Waals surface area contributed by atoms with Crippen LogP contribution in [0.1, 0.15) is 98.4 Å². The maximum atomic E-state index is 14.0. The first-order valence-electron chi connectivity index (χ1n) is 17.1. The molecular formula is C39H48N2O6. The number of carbonyl (C=O) groups excluding carboxylic acids is 2. The van der Waals surface area contributed by atoms with Crippen molar-refractivity contribution < 1.29 is 29.0 Å². The van der Waals surface area contributed by atoms with Crippen LogP contribution >= 0.6 is 0 Å². The zero-order valence-corrected chi connectivity index (χ0v) is 27.6. The van der Waals surface area contributed by atoms with Crippen LogP contribution in [0.5, 0.6) is 0 Å². The standard InChI is InChI=1S/C39H48N2O6/c1-27-9-6-19-38(2)34(32-17-15-28(23-30(42)16-14-27)24-33(32)36(43)35-13-8-22-47-35)18-20-39(38,45)26-41(25-31-12-7-21-46-31)37(44)40-29-10-4-3-5-11-29/h3-5,8-11,13,15,17,22,24,30-31,34,42,45H,6-7,12,14,16,18-21,23,25-26H2,1-2H3,(H,40,44). The number of nitrogens with zero attached hydrogens (tertiary/aromatic N) is 1. The molecule has 0 spiro atoms. The normalized spacial score (nSPS) is 27.9. The number of ketones is 1. The van der Waals surface area contributed by atoms with Crippen LogP contribution in [-0.2, 0) is 11.2 Å². The summed E-state index contributed by atoms with van der Waals surface area (Å²) in [5.41, 5.74) is 2.32. The molecule has 250 valence electrons. The summed E-state index contributed by atoms with van der Waals surface area (Å²) in [6.07, 6.45) is 9.34. The smallest absolute Gasteiger partial charge is 0.322 e. The second-order valence-electron chi connectivity index (χ2n) is 14.1. The van der Waals surface area contributed by atoms with E-state index in [2.05, 4.69) is 25.2 Å². The minimum Gasteiger partial charge on any atom is -0.461 e. The number of fused-ring (bicyclic) bond motifs is 8. The summed E-state index contributed by atoms with van der Waals surface area (Å²) in [5.74, 6) is -0.0954. The molecule has 3 aliphatic carbocycles. The van der Waals surface area contributed by atoms with Gasteiger partial charge in [-0.2, -0.15) is 0 Å². The van der Waals surface area contributed by atoms with Gasteiger partial charge in [0.05, 0.1) is 30.6 Å². The zero-order chi connectivity index (χ0) is 33.0. The van der Waals surface area contributed by atoms with E-state index in [9.17, 15) is 19.8 Å². The van der Waals surface area contributed by atoms with Crippen molar-refractivity contribution >= 4 is 17.5 Å². The van der Waals surface area contributed by atoms with Crippen LogP contribution in [-0.4, -0.2) is 64.4 Å². The van der Waals surface area contributed by atoms with Gasteiger partial charge in [0.25, 0.3) is 0 Å². The van der Waals surface area contributed by atoms with Crippen molar-refractivity contribution in [2.45, 2.75) is 95.4 Å². The Balaban J connectivity index is 1.39. The quantitative estimate of drug-likeness (QED) is 0.185. The van der Waals surface area contributed by atoms with Crippen molar-refractivity contribution in [1.82, 2.24) is 4.90 Å². The number of allylic oxidation sites excluding steroid dienone is 2. The third-order valence-electron chi connectivity index (χ3n) is 10.9. The molecule has 2 fully saturated rings. The fourth-order valence-electron chi connectivity index (χ4n) is 8.03. The molecule has 4 aliphatic rings. The average molecular weight is 641 g/mol. The minimum atomic E-state index is -1.23. The number of amides is 2. The van der Waals surface area contributed by atoms with E-state index in [1.54, 1.807) is 17.0 Å².